The Morgan fingerprint density at radius 1 is 0.897 bits per heavy atom. The van der Waals surface area contributed by atoms with Gasteiger partial charge in [0.1, 0.15) is 6.33 Å². The first-order chi connectivity index (χ1) is 14.1. The van der Waals surface area contributed by atoms with Gasteiger partial charge in [0.05, 0.1) is 11.7 Å². The van der Waals surface area contributed by atoms with Crippen LogP contribution in [0.2, 0.25) is 0 Å². The number of hydrogen-bond donors (Lipinski definition) is 1. The van der Waals surface area contributed by atoms with Crippen LogP contribution in [0, 0.1) is 13.8 Å². The summed E-state index contributed by atoms with van der Waals surface area (Å²) in [5.74, 6) is -0.139. The molecule has 1 amide bonds. The molecular formula is C23H21N5O. The van der Waals surface area contributed by atoms with E-state index in [0.717, 1.165) is 16.8 Å². The summed E-state index contributed by atoms with van der Waals surface area (Å²) in [6.45, 7) is 4.17. The number of tetrazole rings is 1. The third-order valence-corrected chi connectivity index (χ3v) is 5.02. The van der Waals surface area contributed by atoms with Gasteiger partial charge in [-0.25, -0.2) is 4.68 Å². The lowest BCUT2D eigenvalue weighted by molar-refractivity contribution is 0.0943. The summed E-state index contributed by atoms with van der Waals surface area (Å²) >= 11 is 0. The van der Waals surface area contributed by atoms with Crippen LogP contribution < -0.4 is 5.32 Å². The minimum Gasteiger partial charge on any atom is -0.341 e. The fraction of sp³-hybridized carbons (Fsp3) is 0.130. The van der Waals surface area contributed by atoms with Crippen molar-refractivity contribution in [2.24, 2.45) is 0 Å². The average molecular weight is 383 g/mol. The van der Waals surface area contributed by atoms with E-state index in [1.165, 1.54) is 17.5 Å². The van der Waals surface area contributed by atoms with Gasteiger partial charge in [0.15, 0.2) is 0 Å². The van der Waals surface area contributed by atoms with E-state index in [-0.39, 0.29) is 11.9 Å². The van der Waals surface area contributed by atoms with E-state index in [1.54, 1.807) is 16.8 Å². The summed E-state index contributed by atoms with van der Waals surface area (Å²) in [6, 6.07) is 23.2. The lowest BCUT2D eigenvalue weighted by Crippen LogP contribution is -2.29. The van der Waals surface area contributed by atoms with Crippen LogP contribution in [0.25, 0.3) is 5.69 Å². The number of nitrogens with one attached hydrogen (secondary N) is 1. The number of amides is 1. The molecule has 6 heteroatoms. The van der Waals surface area contributed by atoms with Crippen LogP contribution in [0.3, 0.4) is 0 Å². The largest absolute Gasteiger partial charge is 0.341 e. The van der Waals surface area contributed by atoms with Crippen LogP contribution >= 0.6 is 0 Å². The van der Waals surface area contributed by atoms with E-state index < -0.39 is 0 Å². The highest BCUT2D eigenvalue weighted by Gasteiger charge is 2.18. The van der Waals surface area contributed by atoms with E-state index in [1.807, 2.05) is 42.5 Å². The molecule has 1 unspecified atom stereocenters. The Hall–Kier alpha value is -3.80. The first-order valence-corrected chi connectivity index (χ1v) is 9.38. The highest BCUT2D eigenvalue weighted by Crippen LogP contribution is 2.24. The molecule has 1 heterocycles. The fourth-order valence-electron chi connectivity index (χ4n) is 3.21. The van der Waals surface area contributed by atoms with Gasteiger partial charge in [-0.05, 0) is 70.8 Å². The summed E-state index contributed by atoms with van der Waals surface area (Å²) in [5, 5.41) is 14.3. The van der Waals surface area contributed by atoms with Crippen molar-refractivity contribution >= 4 is 5.91 Å². The Balaban J connectivity index is 1.62. The van der Waals surface area contributed by atoms with Gasteiger partial charge < -0.3 is 5.32 Å². The summed E-state index contributed by atoms with van der Waals surface area (Å²) in [5.41, 5.74) is 5.88. The molecule has 29 heavy (non-hydrogen) atoms. The molecule has 0 aliphatic carbocycles. The zero-order valence-electron chi connectivity index (χ0n) is 16.3. The maximum absolute atomic E-state index is 13.0. The van der Waals surface area contributed by atoms with Crippen LogP contribution in [-0.4, -0.2) is 26.1 Å². The second kappa shape index (κ2) is 8.06. The second-order valence-corrected chi connectivity index (χ2v) is 6.96. The molecule has 1 aromatic heterocycles. The zero-order valence-corrected chi connectivity index (χ0v) is 16.3. The van der Waals surface area contributed by atoms with E-state index in [4.69, 9.17) is 0 Å². The van der Waals surface area contributed by atoms with Crippen molar-refractivity contribution in [3.05, 3.63) is 107 Å². The van der Waals surface area contributed by atoms with Crippen molar-refractivity contribution in [1.29, 1.82) is 0 Å². The smallest absolute Gasteiger partial charge is 0.252 e. The lowest BCUT2D eigenvalue weighted by Gasteiger charge is -2.21. The van der Waals surface area contributed by atoms with E-state index in [2.05, 4.69) is 52.9 Å². The summed E-state index contributed by atoms with van der Waals surface area (Å²) < 4.78 is 1.55. The molecule has 0 bridgehead atoms. The molecule has 4 rings (SSSR count). The maximum Gasteiger partial charge on any atom is 0.252 e. The third kappa shape index (κ3) is 4.06. The maximum atomic E-state index is 13.0. The summed E-state index contributed by atoms with van der Waals surface area (Å²) in [4.78, 5) is 13.0. The number of rotatable bonds is 5. The molecule has 0 spiro atoms. The third-order valence-electron chi connectivity index (χ3n) is 5.02. The van der Waals surface area contributed by atoms with Gasteiger partial charge in [0.25, 0.3) is 5.91 Å². The first-order valence-electron chi connectivity index (χ1n) is 9.38. The van der Waals surface area contributed by atoms with Crippen molar-refractivity contribution in [2.45, 2.75) is 19.9 Å². The Labute approximate surface area is 169 Å². The standard InChI is InChI=1S/C23H21N5O/c1-16-8-9-20(14-17(16)2)22(18-6-4-3-5-7-18)25-23(29)19-10-12-21(13-11-19)28-15-24-26-27-28/h3-15,22H,1-2H3,(H,25,29). The van der Waals surface area contributed by atoms with Gasteiger partial charge in [-0.15, -0.1) is 5.10 Å². The minimum atomic E-state index is -0.234. The number of benzene rings is 3. The average Bonchev–Trinajstić information content (AvgIpc) is 3.30. The van der Waals surface area contributed by atoms with Gasteiger partial charge in [-0.1, -0.05) is 48.5 Å². The number of aryl methyl sites for hydroxylation is 2. The monoisotopic (exact) mass is 383 g/mol. The quantitative estimate of drug-likeness (QED) is 0.569. The molecule has 0 saturated heterocycles. The minimum absolute atomic E-state index is 0.139. The fourth-order valence-corrected chi connectivity index (χ4v) is 3.21. The van der Waals surface area contributed by atoms with Gasteiger partial charge in [-0.3, -0.25) is 4.79 Å². The Kier molecular flexibility index (Phi) is 5.16. The number of nitrogens with zero attached hydrogens (tertiary/aromatic N) is 4. The number of aromatic nitrogens is 4. The number of carbonyl (C=O) groups excluding carboxylic acids is 1. The van der Waals surface area contributed by atoms with Crippen LogP contribution in [-0.2, 0) is 0 Å². The normalized spacial score (nSPS) is 11.8. The molecule has 0 radical (unpaired) electrons. The Bertz CT molecular complexity index is 1110. The predicted octanol–water partition coefficient (Wildman–Crippen LogP) is 3.80. The predicted molar refractivity (Wildman–Crippen MR) is 111 cm³/mol. The summed E-state index contributed by atoms with van der Waals surface area (Å²) in [6.07, 6.45) is 1.51. The van der Waals surface area contributed by atoms with Crippen molar-refractivity contribution in [3.8, 4) is 5.69 Å². The van der Waals surface area contributed by atoms with Crippen molar-refractivity contribution in [2.75, 3.05) is 0 Å². The molecule has 1 N–H and O–H groups in total. The first kappa shape index (κ1) is 18.6. The van der Waals surface area contributed by atoms with E-state index >= 15 is 0 Å². The zero-order chi connectivity index (χ0) is 20.2. The molecule has 0 aliphatic rings. The SMILES string of the molecule is Cc1ccc(C(NC(=O)c2ccc(-n3cnnn3)cc2)c2ccccc2)cc1C. The molecule has 0 fully saturated rings. The number of hydrogen-bond acceptors (Lipinski definition) is 4. The van der Waals surface area contributed by atoms with Crippen molar-refractivity contribution < 1.29 is 4.79 Å². The molecule has 3 aromatic carbocycles. The van der Waals surface area contributed by atoms with Gasteiger partial charge in [0, 0.05) is 5.56 Å². The molecule has 1 atom stereocenters. The Morgan fingerprint density at radius 2 is 1.66 bits per heavy atom. The molecule has 0 aliphatic heterocycles. The molecule has 0 saturated carbocycles. The number of carbonyl (C=O) groups is 1. The van der Waals surface area contributed by atoms with Crippen LogP contribution in [0.4, 0.5) is 0 Å². The van der Waals surface area contributed by atoms with E-state index in [9.17, 15) is 4.79 Å². The summed E-state index contributed by atoms with van der Waals surface area (Å²) in [7, 11) is 0. The Morgan fingerprint density at radius 3 is 2.31 bits per heavy atom. The lowest BCUT2D eigenvalue weighted by atomic mass is 9.95. The molecule has 4 aromatic rings. The second-order valence-electron chi connectivity index (χ2n) is 6.96. The van der Waals surface area contributed by atoms with Crippen LogP contribution in [0.15, 0.2) is 79.1 Å². The van der Waals surface area contributed by atoms with Crippen LogP contribution in [0.5, 0.6) is 0 Å². The van der Waals surface area contributed by atoms with Gasteiger partial charge in [0.2, 0.25) is 0 Å². The van der Waals surface area contributed by atoms with Gasteiger partial charge >= 0.3 is 0 Å². The molecular weight excluding hydrogens is 362 g/mol. The van der Waals surface area contributed by atoms with E-state index in [0.29, 0.717) is 5.56 Å². The molecule has 6 nitrogen and oxygen atoms in total. The topological polar surface area (TPSA) is 72.7 Å². The highest BCUT2D eigenvalue weighted by atomic mass is 16.1. The van der Waals surface area contributed by atoms with Crippen molar-refractivity contribution in [1.82, 2.24) is 25.5 Å². The van der Waals surface area contributed by atoms with Crippen LogP contribution in [0.1, 0.15) is 38.7 Å². The molecule has 144 valence electrons. The highest BCUT2D eigenvalue weighted by molar-refractivity contribution is 5.94. The van der Waals surface area contributed by atoms with Crippen molar-refractivity contribution in [3.63, 3.8) is 0 Å². The van der Waals surface area contributed by atoms with Gasteiger partial charge in [-0.2, -0.15) is 0 Å².